The molecule has 0 aromatic carbocycles. The SMILES string of the molecule is C#C/C=C\C=C/C/C=C\C1(C)CCN(C(=O)OC(C)(C)C)CC1C. The molecule has 24 heavy (non-hydrogen) atoms. The molecule has 1 amide bonds. The number of hydrogen-bond acceptors (Lipinski definition) is 2. The first-order valence-corrected chi connectivity index (χ1v) is 8.61. The van der Waals surface area contributed by atoms with Crippen LogP contribution < -0.4 is 0 Å². The van der Waals surface area contributed by atoms with E-state index in [0.29, 0.717) is 5.92 Å². The Labute approximate surface area is 147 Å². The molecule has 2 atom stereocenters. The van der Waals surface area contributed by atoms with Gasteiger partial charge in [-0.1, -0.05) is 50.1 Å². The number of hydrogen-bond donors (Lipinski definition) is 0. The van der Waals surface area contributed by atoms with Crippen LogP contribution in [0, 0.1) is 23.7 Å². The Morgan fingerprint density at radius 2 is 2.08 bits per heavy atom. The highest BCUT2D eigenvalue weighted by Crippen LogP contribution is 2.37. The number of ether oxygens (including phenoxy) is 1. The Bertz CT molecular complexity index is 545. The molecule has 0 aliphatic carbocycles. The molecule has 1 rings (SSSR count). The molecule has 0 spiro atoms. The second kappa shape index (κ2) is 8.78. The van der Waals surface area contributed by atoms with Crippen molar-refractivity contribution in [1.29, 1.82) is 0 Å². The monoisotopic (exact) mass is 329 g/mol. The average molecular weight is 329 g/mol. The number of amides is 1. The van der Waals surface area contributed by atoms with Gasteiger partial charge in [0.15, 0.2) is 0 Å². The van der Waals surface area contributed by atoms with Crippen LogP contribution in [0.4, 0.5) is 4.79 Å². The minimum absolute atomic E-state index is 0.112. The third kappa shape index (κ3) is 6.66. The van der Waals surface area contributed by atoms with E-state index in [2.05, 4.69) is 38.0 Å². The summed E-state index contributed by atoms with van der Waals surface area (Å²) in [7, 11) is 0. The lowest BCUT2D eigenvalue weighted by molar-refractivity contribution is 0.00580. The molecule has 0 radical (unpaired) electrons. The van der Waals surface area contributed by atoms with Gasteiger partial charge in [-0.05, 0) is 51.0 Å². The lowest BCUT2D eigenvalue weighted by Gasteiger charge is -2.43. The van der Waals surface area contributed by atoms with Crippen molar-refractivity contribution in [3.8, 4) is 12.3 Å². The molecular weight excluding hydrogens is 298 g/mol. The van der Waals surface area contributed by atoms with Crippen LogP contribution in [0.25, 0.3) is 0 Å². The van der Waals surface area contributed by atoms with Crippen molar-refractivity contribution in [2.45, 2.75) is 53.1 Å². The van der Waals surface area contributed by atoms with Crippen LogP contribution in [-0.2, 0) is 4.74 Å². The second-order valence-electron chi connectivity index (χ2n) is 7.68. The fourth-order valence-electron chi connectivity index (χ4n) is 2.68. The standard InChI is InChI=1S/C21H31NO2/c1-7-8-9-10-11-12-13-14-21(6)15-16-22(17-18(21)2)19(23)24-20(3,4)5/h1,8-11,13-14,18H,12,15-17H2,2-6H3/b9-8-,11-10-,14-13-. The van der Waals surface area contributed by atoms with Gasteiger partial charge in [0, 0.05) is 13.1 Å². The summed E-state index contributed by atoms with van der Waals surface area (Å²) in [6, 6.07) is 0. The summed E-state index contributed by atoms with van der Waals surface area (Å²) in [5, 5.41) is 0. The molecule has 0 bridgehead atoms. The molecular formula is C21H31NO2. The van der Waals surface area contributed by atoms with Crippen LogP contribution in [0.2, 0.25) is 0 Å². The minimum atomic E-state index is -0.443. The maximum Gasteiger partial charge on any atom is 0.410 e. The van der Waals surface area contributed by atoms with Gasteiger partial charge in [0.1, 0.15) is 5.60 Å². The van der Waals surface area contributed by atoms with Gasteiger partial charge >= 0.3 is 6.09 Å². The molecule has 0 N–H and O–H groups in total. The van der Waals surface area contributed by atoms with Crippen molar-refractivity contribution < 1.29 is 9.53 Å². The van der Waals surface area contributed by atoms with Crippen molar-refractivity contribution in [3.05, 3.63) is 36.5 Å². The summed E-state index contributed by atoms with van der Waals surface area (Å²) in [5.74, 6) is 2.85. The number of allylic oxidation sites excluding steroid dienone is 6. The van der Waals surface area contributed by atoms with Gasteiger partial charge in [0.05, 0.1) is 0 Å². The van der Waals surface area contributed by atoms with Gasteiger partial charge in [-0.25, -0.2) is 4.79 Å². The van der Waals surface area contributed by atoms with Gasteiger partial charge in [0.2, 0.25) is 0 Å². The highest BCUT2D eigenvalue weighted by atomic mass is 16.6. The van der Waals surface area contributed by atoms with Crippen molar-refractivity contribution >= 4 is 6.09 Å². The van der Waals surface area contributed by atoms with E-state index in [4.69, 9.17) is 11.2 Å². The van der Waals surface area contributed by atoms with Crippen LogP contribution in [-0.4, -0.2) is 29.7 Å². The quantitative estimate of drug-likeness (QED) is 0.414. The van der Waals surface area contributed by atoms with Gasteiger partial charge < -0.3 is 9.64 Å². The number of carbonyl (C=O) groups is 1. The van der Waals surface area contributed by atoms with E-state index >= 15 is 0 Å². The highest BCUT2D eigenvalue weighted by Gasteiger charge is 2.37. The maximum absolute atomic E-state index is 12.2. The van der Waals surface area contributed by atoms with Gasteiger partial charge in [-0.2, -0.15) is 0 Å². The second-order valence-corrected chi connectivity index (χ2v) is 7.68. The largest absolute Gasteiger partial charge is 0.444 e. The molecule has 3 nitrogen and oxygen atoms in total. The van der Waals surface area contributed by atoms with Crippen LogP contribution >= 0.6 is 0 Å². The number of rotatable bonds is 4. The molecule has 0 aromatic rings. The van der Waals surface area contributed by atoms with Crippen molar-refractivity contribution in [2.75, 3.05) is 13.1 Å². The summed E-state index contributed by atoms with van der Waals surface area (Å²) in [6.07, 6.45) is 18.8. The van der Waals surface area contributed by atoms with Crippen LogP contribution in [0.1, 0.15) is 47.5 Å². The van der Waals surface area contributed by atoms with E-state index in [0.717, 1.165) is 25.9 Å². The number of piperidine rings is 1. The molecule has 3 heteroatoms. The Kier molecular flexibility index (Phi) is 7.35. The van der Waals surface area contributed by atoms with Crippen molar-refractivity contribution in [1.82, 2.24) is 4.90 Å². The summed E-state index contributed by atoms with van der Waals surface area (Å²) < 4.78 is 5.48. The lowest BCUT2D eigenvalue weighted by atomic mass is 9.72. The Balaban J connectivity index is 2.55. The molecule has 1 saturated heterocycles. The smallest absolute Gasteiger partial charge is 0.410 e. The number of nitrogens with zero attached hydrogens (tertiary/aromatic N) is 1. The Morgan fingerprint density at radius 3 is 2.67 bits per heavy atom. The first-order chi connectivity index (χ1) is 11.2. The first-order valence-electron chi connectivity index (χ1n) is 8.61. The topological polar surface area (TPSA) is 29.5 Å². The highest BCUT2D eigenvalue weighted by molar-refractivity contribution is 5.68. The summed E-state index contributed by atoms with van der Waals surface area (Å²) in [6.45, 7) is 11.6. The summed E-state index contributed by atoms with van der Waals surface area (Å²) >= 11 is 0. The fraction of sp³-hybridized carbons (Fsp3) is 0.571. The molecule has 132 valence electrons. The zero-order chi connectivity index (χ0) is 18.2. The number of likely N-dealkylation sites (tertiary alicyclic amines) is 1. The molecule has 1 heterocycles. The van der Waals surface area contributed by atoms with Gasteiger partial charge in [-0.15, -0.1) is 6.42 Å². The third-order valence-corrected chi connectivity index (χ3v) is 4.40. The van der Waals surface area contributed by atoms with E-state index in [1.54, 1.807) is 6.08 Å². The predicted octanol–water partition coefficient (Wildman–Crippen LogP) is 4.96. The molecule has 2 unspecified atom stereocenters. The fourth-order valence-corrected chi connectivity index (χ4v) is 2.68. The predicted molar refractivity (Wildman–Crippen MR) is 101 cm³/mol. The zero-order valence-electron chi connectivity index (χ0n) is 15.7. The average Bonchev–Trinajstić information content (AvgIpc) is 2.47. The summed E-state index contributed by atoms with van der Waals surface area (Å²) in [4.78, 5) is 14.0. The molecule has 0 saturated carbocycles. The molecule has 0 aromatic heterocycles. The van der Waals surface area contributed by atoms with E-state index in [9.17, 15) is 4.79 Å². The van der Waals surface area contributed by atoms with Gasteiger partial charge in [-0.3, -0.25) is 0 Å². The van der Waals surface area contributed by atoms with E-state index in [1.165, 1.54) is 0 Å². The van der Waals surface area contributed by atoms with Crippen LogP contribution in [0.15, 0.2) is 36.5 Å². The maximum atomic E-state index is 12.2. The van der Waals surface area contributed by atoms with E-state index < -0.39 is 5.60 Å². The van der Waals surface area contributed by atoms with E-state index in [1.807, 2.05) is 37.8 Å². The summed E-state index contributed by atoms with van der Waals surface area (Å²) in [5.41, 5.74) is -0.331. The van der Waals surface area contributed by atoms with Crippen molar-refractivity contribution in [2.24, 2.45) is 11.3 Å². The molecule has 1 aliphatic heterocycles. The lowest BCUT2D eigenvalue weighted by Crippen LogP contribution is -2.48. The zero-order valence-corrected chi connectivity index (χ0v) is 15.7. The number of terminal acetylenes is 1. The Morgan fingerprint density at radius 1 is 1.38 bits per heavy atom. The third-order valence-electron chi connectivity index (χ3n) is 4.40. The van der Waals surface area contributed by atoms with Crippen LogP contribution in [0.3, 0.4) is 0 Å². The van der Waals surface area contributed by atoms with E-state index in [-0.39, 0.29) is 11.5 Å². The molecule has 1 aliphatic rings. The Hall–Kier alpha value is -1.95. The van der Waals surface area contributed by atoms with Gasteiger partial charge in [0.25, 0.3) is 0 Å². The minimum Gasteiger partial charge on any atom is -0.444 e. The number of carbonyl (C=O) groups excluding carboxylic acids is 1. The van der Waals surface area contributed by atoms with Crippen molar-refractivity contribution in [3.63, 3.8) is 0 Å². The first kappa shape index (κ1) is 20.1. The van der Waals surface area contributed by atoms with Crippen LogP contribution in [0.5, 0.6) is 0 Å². The normalized spacial score (nSPS) is 25.5. The molecule has 1 fully saturated rings.